The Hall–Kier alpha value is -1.35. The number of carbonyl (C=O) groups is 1. The number of hydrogen-bond acceptors (Lipinski definition) is 2. The lowest BCUT2D eigenvalue weighted by atomic mass is 10.0. The molecule has 1 aliphatic rings. The summed E-state index contributed by atoms with van der Waals surface area (Å²) < 4.78 is 0. The van der Waals surface area contributed by atoms with Crippen LogP contribution in [-0.4, -0.2) is 23.4 Å². The van der Waals surface area contributed by atoms with Gasteiger partial charge in [-0.05, 0) is 25.3 Å². The second-order valence-electron chi connectivity index (χ2n) is 5.35. The molecule has 1 saturated heterocycles. The van der Waals surface area contributed by atoms with Gasteiger partial charge in [-0.2, -0.15) is 0 Å². The minimum absolute atomic E-state index is 0.0459. The fraction of sp³-hybridized carbons (Fsp3) is 0.562. The van der Waals surface area contributed by atoms with Crippen LogP contribution in [0.4, 0.5) is 0 Å². The van der Waals surface area contributed by atoms with Gasteiger partial charge in [-0.25, -0.2) is 0 Å². The van der Waals surface area contributed by atoms with Crippen LogP contribution >= 0.6 is 0 Å². The Kier molecular flexibility index (Phi) is 4.59. The average Bonchev–Trinajstić information content (AvgIpc) is 2.79. The van der Waals surface area contributed by atoms with Crippen molar-refractivity contribution in [1.29, 1.82) is 0 Å². The minimum Gasteiger partial charge on any atom is -0.319 e. The SMILES string of the molecule is CCCC(CC)N1C(=O)CNC1c1ccc(C)cc1. The molecule has 1 N–H and O–H groups in total. The van der Waals surface area contributed by atoms with Crippen molar-refractivity contribution in [1.82, 2.24) is 10.2 Å². The Morgan fingerprint density at radius 1 is 1.32 bits per heavy atom. The van der Waals surface area contributed by atoms with Gasteiger partial charge >= 0.3 is 0 Å². The second-order valence-corrected chi connectivity index (χ2v) is 5.35. The summed E-state index contributed by atoms with van der Waals surface area (Å²) in [6.07, 6.45) is 3.25. The Labute approximate surface area is 116 Å². The van der Waals surface area contributed by atoms with Crippen molar-refractivity contribution in [2.45, 2.75) is 52.2 Å². The van der Waals surface area contributed by atoms with E-state index in [9.17, 15) is 4.79 Å². The molecule has 1 aromatic carbocycles. The molecular weight excluding hydrogens is 236 g/mol. The van der Waals surface area contributed by atoms with E-state index in [4.69, 9.17) is 0 Å². The van der Waals surface area contributed by atoms with Gasteiger partial charge in [0.05, 0.1) is 6.54 Å². The smallest absolute Gasteiger partial charge is 0.238 e. The van der Waals surface area contributed by atoms with Crippen molar-refractivity contribution in [2.24, 2.45) is 0 Å². The maximum atomic E-state index is 12.2. The third-order valence-electron chi connectivity index (χ3n) is 3.89. The zero-order chi connectivity index (χ0) is 13.8. The van der Waals surface area contributed by atoms with Crippen LogP contribution < -0.4 is 5.32 Å². The van der Waals surface area contributed by atoms with Gasteiger partial charge in [0.25, 0.3) is 0 Å². The van der Waals surface area contributed by atoms with Crippen molar-refractivity contribution in [3.8, 4) is 0 Å². The number of rotatable bonds is 5. The standard InChI is InChI=1S/C16H24N2O/c1-4-6-14(5-2)18-15(19)11-17-16(18)13-9-7-12(3)8-10-13/h7-10,14,16-17H,4-6,11H2,1-3H3. The molecule has 104 valence electrons. The van der Waals surface area contributed by atoms with Crippen LogP contribution in [0.25, 0.3) is 0 Å². The fourth-order valence-corrected chi connectivity index (χ4v) is 2.83. The van der Waals surface area contributed by atoms with Gasteiger partial charge in [0, 0.05) is 6.04 Å². The van der Waals surface area contributed by atoms with Gasteiger partial charge < -0.3 is 4.90 Å². The van der Waals surface area contributed by atoms with E-state index in [2.05, 4.69) is 50.4 Å². The highest BCUT2D eigenvalue weighted by Gasteiger charge is 2.35. The normalized spacial score (nSPS) is 20.9. The van der Waals surface area contributed by atoms with Crippen LogP contribution in [0.2, 0.25) is 0 Å². The largest absolute Gasteiger partial charge is 0.319 e. The van der Waals surface area contributed by atoms with Gasteiger partial charge in [0.2, 0.25) is 5.91 Å². The fourth-order valence-electron chi connectivity index (χ4n) is 2.83. The number of benzene rings is 1. The van der Waals surface area contributed by atoms with Gasteiger partial charge in [-0.1, -0.05) is 50.1 Å². The van der Waals surface area contributed by atoms with Gasteiger partial charge in [0.1, 0.15) is 6.17 Å². The van der Waals surface area contributed by atoms with Crippen molar-refractivity contribution in [2.75, 3.05) is 6.54 Å². The first-order valence-electron chi connectivity index (χ1n) is 7.28. The van der Waals surface area contributed by atoms with Gasteiger partial charge in [0.15, 0.2) is 0 Å². The molecule has 1 amide bonds. The van der Waals surface area contributed by atoms with Crippen molar-refractivity contribution < 1.29 is 4.79 Å². The lowest BCUT2D eigenvalue weighted by molar-refractivity contribution is -0.130. The van der Waals surface area contributed by atoms with Crippen LogP contribution in [0.15, 0.2) is 24.3 Å². The lowest BCUT2D eigenvalue weighted by Gasteiger charge is -2.32. The van der Waals surface area contributed by atoms with Crippen molar-refractivity contribution >= 4 is 5.91 Å². The molecule has 1 fully saturated rings. The zero-order valence-corrected chi connectivity index (χ0v) is 12.1. The van der Waals surface area contributed by atoms with E-state index >= 15 is 0 Å². The first kappa shape index (κ1) is 14.1. The van der Waals surface area contributed by atoms with Crippen molar-refractivity contribution in [3.63, 3.8) is 0 Å². The molecule has 0 bridgehead atoms. The van der Waals surface area contributed by atoms with E-state index in [0.29, 0.717) is 12.6 Å². The number of amides is 1. The van der Waals surface area contributed by atoms with Crippen LogP contribution in [0.5, 0.6) is 0 Å². The zero-order valence-electron chi connectivity index (χ0n) is 12.1. The summed E-state index contributed by atoms with van der Waals surface area (Å²) in [5.74, 6) is 0.228. The van der Waals surface area contributed by atoms with E-state index in [1.54, 1.807) is 0 Å². The van der Waals surface area contributed by atoms with Gasteiger partial charge in [-0.15, -0.1) is 0 Å². The number of hydrogen-bond donors (Lipinski definition) is 1. The predicted molar refractivity (Wildman–Crippen MR) is 77.8 cm³/mol. The maximum absolute atomic E-state index is 12.2. The summed E-state index contributed by atoms with van der Waals surface area (Å²) in [5.41, 5.74) is 2.44. The Bertz CT molecular complexity index is 427. The monoisotopic (exact) mass is 260 g/mol. The molecule has 0 radical (unpaired) electrons. The highest BCUT2D eigenvalue weighted by Crippen LogP contribution is 2.27. The summed E-state index contributed by atoms with van der Waals surface area (Å²) in [6.45, 7) is 6.88. The first-order chi connectivity index (χ1) is 9.17. The molecule has 0 saturated carbocycles. The third kappa shape index (κ3) is 2.98. The predicted octanol–water partition coefficient (Wildman–Crippen LogP) is 3.00. The maximum Gasteiger partial charge on any atom is 0.238 e. The van der Waals surface area contributed by atoms with Gasteiger partial charge in [-0.3, -0.25) is 10.1 Å². The topological polar surface area (TPSA) is 32.3 Å². The summed E-state index contributed by atoms with van der Waals surface area (Å²) in [6, 6.07) is 8.81. The Morgan fingerprint density at radius 2 is 2.00 bits per heavy atom. The summed E-state index contributed by atoms with van der Waals surface area (Å²) >= 11 is 0. The van der Waals surface area contributed by atoms with E-state index in [1.807, 2.05) is 4.90 Å². The quantitative estimate of drug-likeness (QED) is 0.882. The second kappa shape index (κ2) is 6.20. The summed E-state index contributed by atoms with van der Waals surface area (Å²) in [5, 5.41) is 3.34. The lowest BCUT2D eigenvalue weighted by Crippen LogP contribution is -2.39. The van der Waals surface area contributed by atoms with Crippen LogP contribution in [0.1, 0.15) is 50.4 Å². The third-order valence-corrected chi connectivity index (χ3v) is 3.89. The van der Waals surface area contributed by atoms with E-state index < -0.39 is 0 Å². The number of nitrogens with zero attached hydrogens (tertiary/aromatic N) is 1. The highest BCUT2D eigenvalue weighted by atomic mass is 16.2. The minimum atomic E-state index is 0.0459. The molecule has 19 heavy (non-hydrogen) atoms. The molecule has 1 heterocycles. The van der Waals surface area contributed by atoms with E-state index in [-0.39, 0.29) is 12.1 Å². The Balaban J connectivity index is 2.23. The van der Waals surface area contributed by atoms with Crippen LogP contribution in [-0.2, 0) is 4.79 Å². The average molecular weight is 260 g/mol. The molecule has 2 rings (SSSR count). The van der Waals surface area contributed by atoms with E-state index in [0.717, 1.165) is 19.3 Å². The van der Waals surface area contributed by atoms with Crippen LogP contribution in [0.3, 0.4) is 0 Å². The first-order valence-corrected chi connectivity index (χ1v) is 7.28. The molecule has 1 aromatic rings. The van der Waals surface area contributed by atoms with E-state index in [1.165, 1.54) is 11.1 Å². The molecule has 3 heteroatoms. The molecular formula is C16H24N2O. The number of aryl methyl sites for hydroxylation is 1. The summed E-state index contributed by atoms with van der Waals surface area (Å²) in [7, 11) is 0. The number of carbonyl (C=O) groups excluding carboxylic acids is 1. The molecule has 0 aliphatic carbocycles. The number of nitrogens with one attached hydrogen (secondary N) is 1. The highest BCUT2D eigenvalue weighted by molar-refractivity contribution is 5.81. The summed E-state index contributed by atoms with van der Waals surface area (Å²) in [4.78, 5) is 14.2. The van der Waals surface area contributed by atoms with Crippen molar-refractivity contribution in [3.05, 3.63) is 35.4 Å². The van der Waals surface area contributed by atoms with Crippen LogP contribution in [0, 0.1) is 6.92 Å². The molecule has 0 spiro atoms. The molecule has 2 atom stereocenters. The molecule has 1 aliphatic heterocycles. The molecule has 3 nitrogen and oxygen atoms in total. The molecule has 2 unspecified atom stereocenters. The Morgan fingerprint density at radius 3 is 2.58 bits per heavy atom. The molecule has 0 aromatic heterocycles.